The van der Waals surface area contributed by atoms with Crippen LogP contribution in [0.4, 0.5) is 5.82 Å². The molecule has 0 saturated heterocycles. The molecule has 2 rings (SSSR count). The third kappa shape index (κ3) is 3.26. The summed E-state index contributed by atoms with van der Waals surface area (Å²) in [6.07, 6.45) is -1.06. The molecule has 0 spiro atoms. The average molecular weight is 289 g/mol. The van der Waals surface area contributed by atoms with Crippen molar-refractivity contribution in [2.24, 2.45) is 0 Å². The zero-order valence-electron chi connectivity index (χ0n) is 11.4. The number of aromatic nitrogens is 2. The average Bonchev–Trinajstić information content (AvgIpc) is 2.45. The third-order valence-electron chi connectivity index (χ3n) is 2.98. The summed E-state index contributed by atoms with van der Waals surface area (Å²) in [6, 6.07) is 9.19. The molecule has 0 bridgehead atoms. The highest BCUT2D eigenvalue weighted by Crippen LogP contribution is 2.22. The van der Waals surface area contributed by atoms with Crippen LogP contribution in [-0.2, 0) is 16.0 Å². The highest BCUT2D eigenvalue weighted by atomic mass is 16.5. The number of H-pyrrole nitrogens is 1. The van der Waals surface area contributed by atoms with Gasteiger partial charge in [-0.15, -0.1) is 0 Å². The summed E-state index contributed by atoms with van der Waals surface area (Å²) in [6.45, 7) is 0. The number of hydrogen-bond donors (Lipinski definition) is 3. The number of carbonyl (C=O) groups is 1. The Kier molecular flexibility index (Phi) is 4.34. The molecule has 1 aromatic heterocycles. The largest absolute Gasteiger partial charge is 0.481 e. The summed E-state index contributed by atoms with van der Waals surface area (Å²) in [5, 5.41) is 8.76. The molecule has 1 atom stereocenters. The van der Waals surface area contributed by atoms with Gasteiger partial charge in [0.05, 0.1) is 12.0 Å². The zero-order valence-corrected chi connectivity index (χ0v) is 11.4. The smallest absolute Gasteiger partial charge is 0.308 e. The van der Waals surface area contributed by atoms with Crippen LogP contribution in [0.25, 0.3) is 0 Å². The van der Waals surface area contributed by atoms with E-state index < -0.39 is 24.1 Å². The van der Waals surface area contributed by atoms with Crippen molar-refractivity contribution in [1.29, 1.82) is 0 Å². The van der Waals surface area contributed by atoms with Crippen molar-refractivity contribution in [3.63, 3.8) is 0 Å². The van der Waals surface area contributed by atoms with Crippen molar-refractivity contribution in [2.45, 2.75) is 12.5 Å². The van der Waals surface area contributed by atoms with Crippen LogP contribution in [0.1, 0.15) is 23.1 Å². The Bertz CT molecular complexity index is 697. The van der Waals surface area contributed by atoms with E-state index in [0.717, 1.165) is 5.56 Å². The van der Waals surface area contributed by atoms with E-state index in [4.69, 9.17) is 15.6 Å². The summed E-state index contributed by atoms with van der Waals surface area (Å²) < 4.78 is 5.35. The first-order valence-electron chi connectivity index (χ1n) is 6.21. The van der Waals surface area contributed by atoms with Crippen LogP contribution in [0.2, 0.25) is 0 Å². The number of carboxylic acids is 1. The Balaban J connectivity index is 2.45. The SMILES string of the molecule is COC(c1ccccc1)c1nc(N)c(CC(=O)O)c(=O)[nH]1. The van der Waals surface area contributed by atoms with Gasteiger partial charge in [-0.2, -0.15) is 0 Å². The molecule has 4 N–H and O–H groups in total. The minimum Gasteiger partial charge on any atom is -0.481 e. The van der Waals surface area contributed by atoms with Gasteiger partial charge in [-0.1, -0.05) is 30.3 Å². The molecule has 0 saturated carbocycles. The zero-order chi connectivity index (χ0) is 15.4. The van der Waals surface area contributed by atoms with E-state index in [-0.39, 0.29) is 17.2 Å². The fourth-order valence-electron chi connectivity index (χ4n) is 2.01. The molecule has 0 aliphatic rings. The van der Waals surface area contributed by atoms with E-state index in [1.165, 1.54) is 7.11 Å². The maximum absolute atomic E-state index is 12.0. The molecule has 1 aromatic carbocycles. The monoisotopic (exact) mass is 289 g/mol. The fraction of sp³-hybridized carbons (Fsp3) is 0.214. The van der Waals surface area contributed by atoms with Gasteiger partial charge < -0.3 is 20.6 Å². The second kappa shape index (κ2) is 6.19. The maximum Gasteiger partial charge on any atom is 0.308 e. The molecular weight excluding hydrogens is 274 g/mol. The van der Waals surface area contributed by atoms with Gasteiger partial charge in [-0.05, 0) is 5.56 Å². The first-order valence-corrected chi connectivity index (χ1v) is 6.21. The van der Waals surface area contributed by atoms with E-state index in [2.05, 4.69) is 9.97 Å². The predicted octanol–water partition coefficient (Wildman–Crippen LogP) is 0.715. The van der Waals surface area contributed by atoms with Gasteiger partial charge in [0.25, 0.3) is 5.56 Å². The van der Waals surface area contributed by atoms with Gasteiger partial charge in [0.1, 0.15) is 17.7 Å². The highest BCUT2D eigenvalue weighted by Gasteiger charge is 2.19. The standard InChI is InChI=1S/C14H15N3O4/c1-21-11(8-5-3-2-4-6-8)13-16-12(15)9(7-10(18)19)14(20)17-13/h2-6,11H,7H2,1H3,(H,18,19)(H3,15,16,17,20). The Labute approximate surface area is 120 Å². The minimum atomic E-state index is -1.15. The Morgan fingerprint density at radius 3 is 2.62 bits per heavy atom. The van der Waals surface area contributed by atoms with E-state index in [1.54, 1.807) is 0 Å². The number of benzene rings is 1. The van der Waals surface area contributed by atoms with Gasteiger partial charge in [-0.25, -0.2) is 4.98 Å². The van der Waals surface area contributed by atoms with Gasteiger partial charge in [0.15, 0.2) is 0 Å². The maximum atomic E-state index is 12.0. The number of aromatic amines is 1. The number of carboxylic acid groups (broad SMARTS) is 1. The van der Waals surface area contributed by atoms with Gasteiger partial charge in [0, 0.05) is 7.11 Å². The van der Waals surface area contributed by atoms with Crippen LogP contribution >= 0.6 is 0 Å². The molecule has 2 aromatic rings. The summed E-state index contributed by atoms with van der Waals surface area (Å²) in [7, 11) is 1.49. The molecule has 110 valence electrons. The summed E-state index contributed by atoms with van der Waals surface area (Å²) in [5.74, 6) is -1.01. The van der Waals surface area contributed by atoms with Crippen molar-refractivity contribution in [3.05, 3.63) is 57.6 Å². The van der Waals surface area contributed by atoms with Gasteiger partial charge in [0.2, 0.25) is 0 Å². The van der Waals surface area contributed by atoms with Gasteiger partial charge in [-0.3, -0.25) is 9.59 Å². The number of nitrogens with two attached hydrogens (primary N) is 1. The van der Waals surface area contributed by atoms with Crippen molar-refractivity contribution in [1.82, 2.24) is 9.97 Å². The molecule has 1 unspecified atom stereocenters. The van der Waals surface area contributed by atoms with Crippen molar-refractivity contribution in [2.75, 3.05) is 12.8 Å². The van der Waals surface area contributed by atoms with Crippen LogP contribution in [0.3, 0.4) is 0 Å². The third-order valence-corrected chi connectivity index (χ3v) is 2.98. The first-order chi connectivity index (χ1) is 10.0. The normalized spacial score (nSPS) is 12.0. The van der Waals surface area contributed by atoms with E-state index in [9.17, 15) is 9.59 Å². The molecule has 7 heteroatoms. The van der Waals surface area contributed by atoms with Crippen molar-refractivity contribution in [3.8, 4) is 0 Å². The van der Waals surface area contributed by atoms with E-state index in [0.29, 0.717) is 0 Å². The molecular formula is C14H15N3O4. The number of hydrogen-bond acceptors (Lipinski definition) is 5. The Morgan fingerprint density at radius 2 is 2.10 bits per heavy atom. The predicted molar refractivity (Wildman–Crippen MR) is 75.9 cm³/mol. The Morgan fingerprint density at radius 1 is 1.43 bits per heavy atom. The van der Waals surface area contributed by atoms with Crippen LogP contribution in [0.15, 0.2) is 35.1 Å². The molecule has 21 heavy (non-hydrogen) atoms. The number of aliphatic carboxylic acids is 1. The molecule has 0 fully saturated rings. The Hall–Kier alpha value is -2.67. The molecule has 7 nitrogen and oxygen atoms in total. The molecule has 0 radical (unpaired) electrons. The summed E-state index contributed by atoms with van der Waals surface area (Å²) in [5.41, 5.74) is 5.86. The number of methoxy groups -OCH3 is 1. The molecule has 1 heterocycles. The minimum absolute atomic E-state index is 0.0610. The van der Waals surface area contributed by atoms with E-state index in [1.807, 2.05) is 30.3 Å². The molecule has 0 aliphatic carbocycles. The van der Waals surface area contributed by atoms with E-state index >= 15 is 0 Å². The highest BCUT2D eigenvalue weighted by molar-refractivity contribution is 5.71. The first kappa shape index (κ1) is 14.7. The lowest BCUT2D eigenvalue weighted by atomic mass is 10.1. The number of rotatable bonds is 5. The lowest BCUT2D eigenvalue weighted by molar-refractivity contribution is -0.136. The number of nitrogens with zero attached hydrogens (tertiary/aromatic N) is 1. The lowest BCUT2D eigenvalue weighted by Crippen LogP contribution is -2.24. The number of anilines is 1. The molecule has 0 aliphatic heterocycles. The lowest BCUT2D eigenvalue weighted by Gasteiger charge is -2.15. The summed E-state index contributed by atoms with van der Waals surface area (Å²) in [4.78, 5) is 29.3. The second-order valence-corrected chi connectivity index (χ2v) is 4.41. The summed E-state index contributed by atoms with van der Waals surface area (Å²) >= 11 is 0. The van der Waals surface area contributed by atoms with Crippen molar-refractivity contribution < 1.29 is 14.6 Å². The quantitative estimate of drug-likeness (QED) is 0.746. The number of nitrogens with one attached hydrogen (secondary N) is 1. The molecule has 0 amide bonds. The van der Waals surface area contributed by atoms with Crippen LogP contribution < -0.4 is 11.3 Å². The van der Waals surface area contributed by atoms with Crippen molar-refractivity contribution >= 4 is 11.8 Å². The topological polar surface area (TPSA) is 118 Å². The van der Waals surface area contributed by atoms with Crippen LogP contribution in [0.5, 0.6) is 0 Å². The fourth-order valence-corrected chi connectivity index (χ4v) is 2.01. The van der Waals surface area contributed by atoms with Gasteiger partial charge >= 0.3 is 5.97 Å². The number of ether oxygens (including phenoxy) is 1. The van der Waals surface area contributed by atoms with Crippen LogP contribution in [0, 0.1) is 0 Å². The number of nitrogen functional groups attached to an aromatic ring is 1. The second-order valence-electron chi connectivity index (χ2n) is 4.41. The van der Waals surface area contributed by atoms with Crippen LogP contribution in [-0.4, -0.2) is 28.2 Å².